The first-order valence-electron chi connectivity index (χ1n) is 4.69. The molecule has 1 amide bonds. The fraction of sp³-hybridized carbons (Fsp3) is 0.600. The lowest BCUT2D eigenvalue weighted by Gasteiger charge is -2.24. The van der Waals surface area contributed by atoms with Gasteiger partial charge in [-0.2, -0.15) is 0 Å². The second-order valence-electron chi connectivity index (χ2n) is 3.25. The van der Waals surface area contributed by atoms with E-state index in [4.69, 9.17) is 0 Å². The highest BCUT2D eigenvalue weighted by molar-refractivity contribution is 5.85. The first kappa shape index (κ1) is 10.8. The summed E-state index contributed by atoms with van der Waals surface area (Å²) in [5.41, 5.74) is 0. The molecule has 1 aliphatic rings. The van der Waals surface area contributed by atoms with Crippen LogP contribution in [0.2, 0.25) is 0 Å². The van der Waals surface area contributed by atoms with Gasteiger partial charge in [0.2, 0.25) is 5.91 Å². The van der Waals surface area contributed by atoms with Gasteiger partial charge in [0.25, 0.3) is 0 Å². The van der Waals surface area contributed by atoms with Crippen molar-refractivity contribution in [3.05, 3.63) is 12.7 Å². The normalized spacial score (nSPS) is 18.1. The number of esters is 1. The van der Waals surface area contributed by atoms with Crippen molar-refractivity contribution in [1.29, 1.82) is 0 Å². The van der Waals surface area contributed by atoms with E-state index in [-0.39, 0.29) is 11.9 Å². The summed E-state index contributed by atoms with van der Waals surface area (Å²) in [5.74, 6) is -0.331. The maximum absolute atomic E-state index is 11.4. The van der Waals surface area contributed by atoms with Gasteiger partial charge in [-0.3, -0.25) is 4.79 Å². The maximum atomic E-state index is 11.4. The molecule has 0 N–H and O–H groups in total. The molecule has 78 valence electrons. The monoisotopic (exact) mass is 197 g/mol. The topological polar surface area (TPSA) is 46.6 Å². The molecule has 1 rings (SSSR count). The van der Waals surface area contributed by atoms with Crippen molar-refractivity contribution in [3.63, 3.8) is 0 Å². The third kappa shape index (κ3) is 2.13. The number of likely N-dealkylation sites (tertiary alicyclic amines) is 1. The molecule has 0 saturated carbocycles. The lowest BCUT2D eigenvalue weighted by molar-refractivity contribution is -0.151. The van der Waals surface area contributed by atoms with Gasteiger partial charge < -0.3 is 9.64 Å². The summed E-state index contributed by atoms with van der Waals surface area (Å²) in [6, 6.07) is -0.479. The fourth-order valence-electron chi connectivity index (χ4n) is 1.64. The van der Waals surface area contributed by atoms with Gasteiger partial charge in [0, 0.05) is 13.0 Å². The molecule has 0 spiro atoms. The molecule has 0 aromatic heterocycles. The Morgan fingerprint density at radius 2 is 2.50 bits per heavy atom. The van der Waals surface area contributed by atoms with Crippen molar-refractivity contribution in [3.8, 4) is 0 Å². The second kappa shape index (κ2) is 4.79. The van der Waals surface area contributed by atoms with Crippen molar-refractivity contribution >= 4 is 11.9 Å². The van der Waals surface area contributed by atoms with Gasteiger partial charge in [0.1, 0.15) is 6.04 Å². The predicted octanol–water partition coefficient (Wildman–Crippen LogP) is 0.726. The predicted molar refractivity (Wildman–Crippen MR) is 51.6 cm³/mol. The number of amides is 1. The van der Waals surface area contributed by atoms with E-state index in [1.54, 1.807) is 11.0 Å². The number of methoxy groups -OCH3 is 1. The van der Waals surface area contributed by atoms with Crippen LogP contribution in [0, 0.1) is 0 Å². The van der Waals surface area contributed by atoms with Crippen LogP contribution in [0.15, 0.2) is 12.7 Å². The summed E-state index contributed by atoms with van der Waals surface area (Å²) in [4.78, 5) is 24.3. The number of carbonyl (C=O) groups is 2. The van der Waals surface area contributed by atoms with Crippen molar-refractivity contribution in [2.75, 3.05) is 13.7 Å². The highest BCUT2D eigenvalue weighted by Crippen LogP contribution is 2.16. The van der Waals surface area contributed by atoms with E-state index in [0.29, 0.717) is 19.4 Å². The Morgan fingerprint density at radius 1 is 1.79 bits per heavy atom. The Bertz CT molecular complexity index is 250. The zero-order valence-corrected chi connectivity index (χ0v) is 8.36. The van der Waals surface area contributed by atoms with E-state index in [1.165, 1.54) is 7.11 Å². The van der Waals surface area contributed by atoms with Crippen LogP contribution in [0.3, 0.4) is 0 Å². The summed E-state index contributed by atoms with van der Waals surface area (Å²) < 4.78 is 4.65. The SMILES string of the molecule is C=CC[C@H](C(=O)OC)N1CCCC1=O. The number of rotatable bonds is 4. The molecule has 0 aromatic carbocycles. The summed E-state index contributed by atoms with van der Waals surface area (Å²) in [7, 11) is 1.33. The van der Waals surface area contributed by atoms with Crippen LogP contribution >= 0.6 is 0 Å². The number of hydrogen-bond donors (Lipinski definition) is 0. The zero-order chi connectivity index (χ0) is 10.6. The van der Waals surface area contributed by atoms with E-state index in [1.807, 2.05) is 0 Å². The van der Waals surface area contributed by atoms with Crippen molar-refractivity contribution < 1.29 is 14.3 Å². The van der Waals surface area contributed by atoms with Crippen LogP contribution in [-0.4, -0.2) is 36.5 Å². The summed E-state index contributed by atoms with van der Waals surface area (Å²) >= 11 is 0. The number of carbonyl (C=O) groups excluding carboxylic acids is 2. The number of nitrogens with zero attached hydrogens (tertiary/aromatic N) is 1. The Labute approximate surface area is 83.5 Å². The highest BCUT2D eigenvalue weighted by atomic mass is 16.5. The van der Waals surface area contributed by atoms with Crippen LogP contribution in [0.1, 0.15) is 19.3 Å². The Kier molecular flexibility index (Phi) is 3.68. The minimum absolute atomic E-state index is 0.0299. The van der Waals surface area contributed by atoms with Gasteiger partial charge in [-0.1, -0.05) is 6.08 Å². The van der Waals surface area contributed by atoms with Gasteiger partial charge >= 0.3 is 5.97 Å². The molecule has 14 heavy (non-hydrogen) atoms. The highest BCUT2D eigenvalue weighted by Gasteiger charge is 2.32. The first-order valence-corrected chi connectivity index (χ1v) is 4.69. The Hall–Kier alpha value is -1.32. The molecule has 0 radical (unpaired) electrons. The van der Waals surface area contributed by atoms with Crippen LogP contribution in [0.4, 0.5) is 0 Å². The molecule has 1 atom stereocenters. The average Bonchev–Trinajstić information content (AvgIpc) is 2.60. The smallest absolute Gasteiger partial charge is 0.328 e. The molecule has 1 aliphatic heterocycles. The maximum Gasteiger partial charge on any atom is 0.328 e. The Morgan fingerprint density at radius 3 is 2.93 bits per heavy atom. The molecule has 1 saturated heterocycles. The fourth-order valence-corrected chi connectivity index (χ4v) is 1.64. The summed E-state index contributed by atoms with van der Waals surface area (Å²) in [5, 5.41) is 0. The van der Waals surface area contributed by atoms with E-state index in [2.05, 4.69) is 11.3 Å². The third-order valence-corrected chi connectivity index (χ3v) is 2.35. The van der Waals surface area contributed by atoms with Crippen LogP contribution < -0.4 is 0 Å². The van der Waals surface area contributed by atoms with E-state index >= 15 is 0 Å². The molecule has 1 fully saturated rings. The molecule has 0 aliphatic carbocycles. The van der Waals surface area contributed by atoms with E-state index < -0.39 is 6.04 Å². The third-order valence-electron chi connectivity index (χ3n) is 2.35. The molecule has 4 heteroatoms. The molecule has 1 heterocycles. The van der Waals surface area contributed by atoms with E-state index in [0.717, 1.165) is 6.42 Å². The summed E-state index contributed by atoms with van der Waals surface area (Å²) in [6.45, 7) is 4.21. The van der Waals surface area contributed by atoms with E-state index in [9.17, 15) is 9.59 Å². The summed E-state index contributed by atoms with van der Waals surface area (Å²) in [6.07, 6.45) is 3.44. The minimum Gasteiger partial charge on any atom is -0.467 e. The van der Waals surface area contributed by atoms with Crippen LogP contribution in [-0.2, 0) is 14.3 Å². The largest absolute Gasteiger partial charge is 0.467 e. The standard InChI is InChI=1S/C10H15NO3/c1-3-5-8(10(13)14-2)11-7-4-6-9(11)12/h3,8H,1,4-7H2,2H3/t8-/m1/s1. The minimum atomic E-state index is -0.479. The molecule has 4 nitrogen and oxygen atoms in total. The van der Waals surface area contributed by atoms with Crippen molar-refractivity contribution in [2.24, 2.45) is 0 Å². The number of ether oxygens (including phenoxy) is 1. The van der Waals surface area contributed by atoms with Crippen molar-refractivity contribution in [1.82, 2.24) is 4.90 Å². The van der Waals surface area contributed by atoms with Crippen LogP contribution in [0.25, 0.3) is 0 Å². The molecular formula is C10H15NO3. The first-order chi connectivity index (χ1) is 6.70. The van der Waals surface area contributed by atoms with Crippen LogP contribution in [0.5, 0.6) is 0 Å². The second-order valence-corrected chi connectivity index (χ2v) is 3.25. The zero-order valence-electron chi connectivity index (χ0n) is 8.36. The lowest BCUT2D eigenvalue weighted by Crippen LogP contribution is -2.42. The molecular weight excluding hydrogens is 182 g/mol. The van der Waals surface area contributed by atoms with Gasteiger partial charge in [0.05, 0.1) is 7.11 Å². The quantitative estimate of drug-likeness (QED) is 0.493. The van der Waals surface area contributed by atoms with Gasteiger partial charge in [-0.05, 0) is 12.8 Å². The molecule has 0 bridgehead atoms. The van der Waals surface area contributed by atoms with Gasteiger partial charge in [-0.15, -0.1) is 6.58 Å². The molecule has 0 unspecified atom stereocenters. The average molecular weight is 197 g/mol. The van der Waals surface area contributed by atoms with Gasteiger partial charge in [-0.25, -0.2) is 4.79 Å². The number of hydrogen-bond acceptors (Lipinski definition) is 3. The molecule has 0 aromatic rings. The lowest BCUT2D eigenvalue weighted by atomic mass is 10.2. The Balaban J connectivity index is 2.70. The van der Waals surface area contributed by atoms with Gasteiger partial charge in [0.15, 0.2) is 0 Å². The van der Waals surface area contributed by atoms with Crippen molar-refractivity contribution in [2.45, 2.75) is 25.3 Å².